The molecule has 0 aliphatic rings. The highest BCUT2D eigenvalue weighted by Gasteiger charge is 2.13. The third-order valence-electron chi connectivity index (χ3n) is 17.2. The van der Waals surface area contributed by atoms with Crippen molar-refractivity contribution in [2.24, 2.45) is 0 Å². The zero-order valence-corrected chi connectivity index (χ0v) is 64.8. The lowest BCUT2D eigenvalue weighted by Gasteiger charge is -2.07. The van der Waals surface area contributed by atoms with Crippen molar-refractivity contribution in [2.75, 3.05) is 0 Å². The summed E-state index contributed by atoms with van der Waals surface area (Å²) in [4.78, 5) is 30.5. The van der Waals surface area contributed by atoms with Crippen molar-refractivity contribution in [1.29, 1.82) is 0 Å². The Balaban J connectivity index is 0.000000150. The van der Waals surface area contributed by atoms with Crippen LogP contribution in [0.25, 0.3) is 61.2 Å². The summed E-state index contributed by atoms with van der Waals surface area (Å²) < 4.78 is 16.0. The van der Waals surface area contributed by atoms with Crippen LogP contribution in [0.2, 0.25) is 0 Å². The second kappa shape index (κ2) is 35.4. The number of imidazole rings is 2. The molecule has 0 radical (unpaired) electrons. The molecular weight excluding hydrogens is 1290 g/mol. The highest BCUT2D eigenvalue weighted by atomic mass is 15.3. The van der Waals surface area contributed by atoms with Gasteiger partial charge in [-0.2, -0.15) is 25.5 Å². The minimum Gasteiger partial charge on any atom is -0.330 e. The average molecular weight is 1400 g/mol. The number of nitrogens with zero attached hydrogens (tertiary/aromatic N) is 20. The SMILES string of the molecule is C.CC(C)c1ccc2cccnn12.Cc1cnc2c(C(C)C)ccn2c1.Cc1cnc2c(C(C)C)cnn2c1.Cc1cnc2c(c1)ncn2C(C)C.Cc1cnc2c(ccn2C(C)C)c1.Cc1cnc2c(cnn2C(C)C)c1.Cc1cnn2c(C(C)C)ccc2c1.Cc1cnn2c(C(C)C)cnc2c1. The molecule has 0 unspecified atom stereocenters. The summed E-state index contributed by atoms with van der Waals surface area (Å²) in [5.41, 5.74) is 23.8. The Labute approximate surface area is 614 Å². The fourth-order valence-corrected chi connectivity index (χ4v) is 11.7. The van der Waals surface area contributed by atoms with Crippen LogP contribution in [0.4, 0.5) is 0 Å². The van der Waals surface area contributed by atoms with Gasteiger partial charge in [-0.1, -0.05) is 76.7 Å². The molecule has 104 heavy (non-hydrogen) atoms. The van der Waals surface area contributed by atoms with Crippen LogP contribution < -0.4 is 0 Å². The summed E-state index contributed by atoms with van der Waals surface area (Å²) in [6, 6.07) is 28.6. The maximum Gasteiger partial charge on any atom is 0.160 e. The molecule has 0 saturated carbocycles. The first kappa shape index (κ1) is 79.0. The van der Waals surface area contributed by atoms with Crippen molar-refractivity contribution in [2.45, 2.75) is 214 Å². The van der Waals surface area contributed by atoms with Crippen molar-refractivity contribution in [3.63, 3.8) is 0 Å². The zero-order valence-electron chi connectivity index (χ0n) is 64.8. The first-order valence-electron chi connectivity index (χ1n) is 36.0. The number of hydrogen-bond acceptors (Lipinski definition) is 12. The lowest BCUT2D eigenvalue weighted by Crippen LogP contribution is -2.02. The Morgan fingerprint density at radius 2 is 0.865 bits per heavy atom. The molecule has 16 aromatic heterocycles. The summed E-state index contributed by atoms with van der Waals surface area (Å²) in [5.74, 6) is 2.54. The Hall–Kier alpha value is -10.8. The van der Waals surface area contributed by atoms with Gasteiger partial charge in [0, 0.05) is 108 Å². The van der Waals surface area contributed by atoms with Gasteiger partial charge in [0.25, 0.3) is 0 Å². The van der Waals surface area contributed by atoms with E-state index in [2.05, 4.69) is 291 Å². The van der Waals surface area contributed by atoms with E-state index in [9.17, 15) is 0 Å². The van der Waals surface area contributed by atoms with Crippen LogP contribution >= 0.6 is 0 Å². The van der Waals surface area contributed by atoms with Crippen LogP contribution in [0.3, 0.4) is 0 Å². The number of pyridine rings is 3. The molecule has 16 heterocycles. The topological polar surface area (TPSA) is 192 Å². The van der Waals surface area contributed by atoms with E-state index in [1.807, 2.05) is 143 Å². The Morgan fingerprint density at radius 1 is 0.327 bits per heavy atom. The van der Waals surface area contributed by atoms with Crippen LogP contribution in [0.15, 0.2) is 178 Å². The van der Waals surface area contributed by atoms with Gasteiger partial charge in [0.05, 0.1) is 54.0 Å². The zero-order chi connectivity index (χ0) is 74.5. The molecule has 0 saturated heterocycles. The van der Waals surface area contributed by atoms with Gasteiger partial charge in [0.15, 0.2) is 22.6 Å². The van der Waals surface area contributed by atoms with Crippen LogP contribution in [0.1, 0.15) is 233 Å². The molecule has 0 aliphatic carbocycles. The largest absolute Gasteiger partial charge is 0.330 e. The maximum atomic E-state index is 4.42. The van der Waals surface area contributed by atoms with Gasteiger partial charge in [0.1, 0.15) is 16.8 Å². The van der Waals surface area contributed by atoms with Crippen molar-refractivity contribution in [3.05, 3.63) is 245 Å². The van der Waals surface area contributed by atoms with Gasteiger partial charge in [-0.25, -0.2) is 57.6 Å². The number of hydrogen-bond donors (Lipinski definition) is 0. The molecule has 16 rings (SSSR count). The van der Waals surface area contributed by atoms with Gasteiger partial charge in [-0.3, -0.25) is 0 Å². The lowest BCUT2D eigenvalue weighted by atomic mass is 10.1. The highest BCUT2D eigenvalue weighted by Crippen LogP contribution is 2.25. The predicted molar refractivity (Wildman–Crippen MR) is 428 cm³/mol. The van der Waals surface area contributed by atoms with Crippen molar-refractivity contribution < 1.29 is 0 Å². The molecule has 0 aliphatic heterocycles. The van der Waals surface area contributed by atoms with E-state index in [4.69, 9.17) is 0 Å². The van der Waals surface area contributed by atoms with Crippen molar-refractivity contribution in [3.8, 4) is 0 Å². The van der Waals surface area contributed by atoms with Gasteiger partial charge >= 0.3 is 0 Å². The Morgan fingerprint density at radius 3 is 1.49 bits per heavy atom. The molecule has 0 atom stereocenters. The molecule has 546 valence electrons. The fraction of sp³-hybridized carbons (Fsp3) is 0.381. The molecular formula is C84H110N20. The van der Waals surface area contributed by atoms with Crippen molar-refractivity contribution in [1.82, 2.24) is 96.7 Å². The standard InChI is InChI=1S/3C11H14N2.4C10H13N3.C10H12N2.CH4/c1-8(2)10-4-5-13-7-9(3)6-12-11(10)13;1-8(2)13-5-4-10-6-9(3)7-12-11(10)13;1-8(2)11-5-4-10-6-9(3)7-12-13(10)11;1-7(2)9-5-12-13-6-8(3)4-11-10(9)13;1-7(2)9-6-11-10-4-8(3)5-12-13(9)10;1-7(2)13-6-12-9-4-8(3)5-11-10(9)13;1-7(2)13-10-9(6-12-13)4-8(3)5-11-10;1-8(2)10-6-5-9-4-3-7-11-12(9)10;/h3*4-8H,1-3H3;4*4-7H,1-3H3;3-8H,1-2H3;1H4. The summed E-state index contributed by atoms with van der Waals surface area (Å²) in [6.45, 7) is 48.8. The third-order valence-corrected chi connectivity index (χ3v) is 17.2. The number of fused-ring (bicyclic) bond motifs is 8. The minimum absolute atomic E-state index is 0. The molecule has 0 fully saturated rings. The Bertz CT molecular complexity index is 4560. The van der Waals surface area contributed by atoms with Gasteiger partial charge < -0.3 is 13.5 Å². The van der Waals surface area contributed by atoms with Gasteiger partial charge in [-0.05, 0) is 243 Å². The second-order valence-electron chi connectivity index (χ2n) is 29.1. The van der Waals surface area contributed by atoms with Crippen LogP contribution in [0, 0.1) is 48.5 Å². The fourth-order valence-electron chi connectivity index (χ4n) is 11.7. The molecule has 16 aromatic rings. The van der Waals surface area contributed by atoms with Crippen molar-refractivity contribution >= 4 is 61.2 Å². The van der Waals surface area contributed by atoms with E-state index >= 15 is 0 Å². The normalized spacial score (nSPS) is 11.3. The quantitative estimate of drug-likeness (QED) is 0.140. The first-order chi connectivity index (χ1) is 49.1. The number of aromatic nitrogens is 20. The van der Waals surface area contributed by atoms with Crippen LogP contribution in [0.5, 0.6) is 0 Å². The summed E-state index contributed by atoms with van der Waals surface area (Å²) >= 11 is 0. The van der Waals surface area contributed by atoms with Crippen LogP contribution in [-0.2, 0) is 0 Å². The minimum atomic E-state index is 0. The third kappa shape index (κ3) is 19.5. The maximum absolute atomic E-state index is 4.42. The second-order valence-corrected chi connectivity index (χ2v) is 29.1. The monoisotopic (exact) mass is 1400 g/mol. The molecule has 0 spiro atoms. The van der Waals surface area contributed by atoms with Crippen LogP contribution in [-0.4, -0.2) is 96.7 Å². The number of aryl methyl sites for hydroxylation is 7. The summed E-state index contributed by atoms with van der Waals surface area (Å²) in [6.07, 6.45) is 30.8. The van der Waals surface area contributed by atoms with E-state index in [-0.39, 0.29) is 7.43 Å². The first-order valence-corrected chi connectivity index (χ1v) is 36.0. The molecule has 0 N–H and O–H groups in total. The van der Waals surface area contributed by atoms with E-state index in [0.29, 0.717) is 47.7 Å². The van der Waals surface area contributed by atoms with E-state index in [1.165, 1.54) is 61.2 Å². The molecule has 20 nitrogen and oxygen atoms in total. The lowest BCUT2D eigenvalue weighted by molar-refractivity contribution is 0.546. The molecule has 0 amide bonds. The smallest absolute Gasteiger partial charge is 0.160 e. The Kier molecular flexibility index (Phi) is 26.9. The molecule has 20 heteroatoms. The molecule has 0 bridgehead atoms. The average Bonchev–Trinajstić information content (AvgIpc) is 1.71. The van der Waals surface area contributed by atoms with Gasteiger partial charge in [-0.15, -0.1) is 0 Å². The van der Waals surface area contributed by atoms with E-state index in [1.54, 1.807) is 0 Å². The summed E-state index contributed by atoms with van der Waals surface area (Å²) in [5, 5.41) is 23.9. The van der Waals surface area contributed by atoms with Gasteiger partial charge in [0.2, 0.25) is 0 Å². The highest BCUT2D eigenvalue weighted by molar-refractivity contribution is 5.77. The molecule has 0 aromatic carbocycles. The number of rotatable bonds is 8. The predicted octanol–water partition coefficient (Wildman–Crippen LogP) is 20.5. The summed E-state index contributed by atoms with van der Waals surface area (Å²) in [7, 11) is 0. The van der Waals surface area contributed by atoms with E-state index < -0.39 is 0 Å². The van der Waals surface area contributed by atoms with E-state index in [0.717, 1.165) is 67.2 Å².